The molecule has 0 aliphatic rings. The van der Waals surface area contributed by atoms with Crippen LogP contribution in [-0.4, -0.2) is 34.1 Å². The van der Waals surface area contributed by atoms with Crippen molar-refractivity contribution in [2.24, 2.45) is 0 Å². The highest BCUT2D eigenvalue weighted by molar-refractivity contribution is 5.78. The second-order valence-corrected chi connectivity index (χ2v) is 5.08. The lowest BCUT2D eigenvalue weighted by atomic mass is 10.1. The Balaban J connectivity index is 2.42. The van der Waals surface area contributed by atoms with Gasteiger partial charge in [0, 0.05) is 5.56 Å². The molecule has 0 saturated heterocycles. The summed E-state index contributed by atoms with van der Waals surface area (Å²) >= 11 is 0. The van der Waals surface area contributed by atoms with Crippen molar-refractivity contribution in [3.8, 4) is 0 Å². The summed E-state index contributed by atoms with van der Waals surface area (Å²) in [5.41, 5.74) is 3.67. The van der Waals surface area contributed by atoms with Gasteiger partial charge in [0.15, 0.2) is 0 Å². The number of benzene rings is 1. The van der Waals surface area contributed by atoms with Gasteiger partial charge >= 0.3 is 0 Å². The van der Waals surface area contributed by atoms with Gasteiger partial charge in [0.25, 0.3) is 0 Å². The zero-order chi connectivity index (χ0) is 13.2. The highest BCUT2D eigenvalue weighted by atomic mass is 15.3. The van der Waals surface area contributed by atoms with Gasteiger partial charge < -0.3 is 9.47 Å². The zero-order valence-corrected chi connectivity index (χ0v) is 12.0. The molecule has 0 atom stereocenters. The topological polar surface area (TPSA) is 28.7 Å². The lowest BCUT2D eigenvalue weighted by Crippen LogP contribution is -2.46. The number of nitrogens with zero attached hydrogens (tertiary/aromatic N) is 2. The molecular weight excluding hydrogens is 222 g/mol. The largest absolute Gasteiger partial charge is 0.342 e. The average Bonchev–Trinajstić information content (AvgIpc) is 2.77. The summed E-state index contributed by atoms with van der Waals surface area (Å²) in [6, 6.07) is 6.46. The van der Waals surface area contributed by atoms with Gasteiger partial charge in [0.05, 0.1) is 30.7 Å². The van der Waals surface area contributed by atoms with Crippen LogP contribution in [0.5, 0.6) is 0 Å². The first-order chi connectivity index (χ1) is 8.64. The first kappa shape index (κ1) is 13.1. The SMILES string of the molecule is CC[N+](CC)(CC)Cc1cccc2[nH]c(C)nc12. The minimum absolute atomic E-state index is 1.00. The van der Waals surface area contributed by atoms with Crippen molar-refractivity contribution in [2.75, 3.05) is 19.6 Å². The molecule has 1 N–H and O–H groups in total. The van der Waals surface area contributed by atoms with E-state index in [-0.39, 0.29) is 0 Å². The average molecular weight is 246 g/mol. The maximum atomic E-state index is 4.63. The van der Waals surface area contributed by atoms with Crippen LogP contribution in [0.4, 0.5) is 0 Å². The first-order valence-corrected chi connectivity index (χ1v) is 6.93. The Morgan fingerprint density at radius 2 is 1.78 bits per heavy atom. The first-order valence-electron chi connectivity index (χ1n) is 6.93. The summed E-state index contributed by atoms with van der Waals surface area (Å²) in [7, 11) is 0. The number of aromatic nitrogens is 2. The lowest BCUT2D eigenvalue weighted by Gasteiger charge is -2.35. The molecule has 18 heavy (non-hydrogen) atoms. The number of para-hydroxylation sites is 1. The zero-order valence-electron chi connectivity index (χ0n) is 12.0. The molecule has 2 rings (SSSR count). The van der Waals surface area contributed by atoms with Crippen molar-refractivity contribution in [1.82, 2.24) is 9.97 Å². The Labute approximate surface area is 109 Å². The van der Waals surface area contributed by atoms with E-state index in [4.69, 9.17) is 0 Å². The van der Waals surface area contributed by atoms with Crippen molar-refractivity contribution in [3.05, 3.63) is 29.6 Å². The number of rotatable bonds is 5. The third-order valence-electron chi connectivity index (χ3n) is 4.23. The molecule has 0 fully saturated rings. The fourth-order valence-electron chi connectivity index (χ4n) is 2.71. The van der Waals surface area contributed by atoms with Crippen LogP contribution in [-0.2, 0) is 6.54 Å². The molecule has 0 saturated carbocycles. The number of imidazole rings is 1. The van der Waals surface area contributed by atoms with Gasteiger partial charge in [-0.2, -0.15) is 0 Å². The van der Waals surface area contributed by atoms with E-state index in [1.165, 1.54) is 25.2 Å². The van der Waals surface area contributed by atoms with Gasteiger partial charge in [-0.05, 0) is 33.8 Å². The van der Waals surface area contributed by atoms with Gasteiger partial charge in [-0.15, -0.1) is 0 Å². The number of H-pyrrole nitrogens is 1. The summed E-state index contributed by atoms with van der Waals surface area (Å²) in [5.74, 6) is 1.00. The van der Waals surface area contributed by atoms with Gasteiger partial charge in [0.1, 0.15) is 12.4 Å². The summed E-state index contributed by atoms with van der Waals surface area (Å²) in [6.07, 6.45) is 0. The van der Waals surface area contributed by atoms with E-state index in [1.807, 2.05) is 6.92 Å². The van der Waals surface area contributed by atoms with Crippen molar-refractivity contribution in [1.29, 1.82) is 0 Å². The van der Waals surface area contributed by atoms with E-state index in [0.29, 0.717) is 0 Å². The smallest absolute Gasteiger partial charge is 0.107 e. The molecule has 0 spiro atoms. The highest BCUT2D eigenvalue weighted by Gasteiger charge is 2.22. The molecule has 0 radical (unpaired) electrons. The van der Waals surface area contributed by atoms with E-state index in [2.05, 4.69) is 48.9 Å². The Morgan fingerprint density at radius 1 is 1.11 bits per heavy atom. The van der Waals surface area contributed by atoms with Crippen molar-refractivity contribution < 1.29 is 4.48 Å². The number of aromatic amines is 1. The van der Waals surface area contributed by atoms with Crippen molar-refractivity contribution in [2.45, 2.75) is 34.2 Å². The molecule has 0 unspecified atom stereocenters. The predicted molar refractivity (Wildman–Crippen MR) is 76.4 cm³/mol. The predicted octanol–water partition coefficient (Wildman–Crippen LogP) is 3.25. The molecular formula is C15H24N3+. The Kier molecular flexibility index (Phi) is 3.71. The minimum atomic E-state index is 1.00. The molecule has 1 aromatic carbocycles. The molecule has 0 amide bonds. The Hall–Kier alpha value is -1.35. The van der Waals surface area contributed by atoms with Gasteiger partial charge in [-0.1, -0.05) is 12.1 Å². The second kappa shape index (κ2) is 5.11. The Morgan fingerprint density at radius 3 is 2.39 bits per heavy atom. The van der Waals surface area contributed by atoms with Gasteiger partial charge in [-0.3, -0.25) is 0 Å². The fourth-order valence-corrected chi connectivity index (χ4v) is 2.71. The normalized spacial score (nSPS) is 12.2. The van der Waals surface area contributed by atoms with Crippen LogP contribution in [0.25, 0.3) is 11.0 Å². The van der Waals surface area contributed by atoms with Crippen LogP contribution in [0, 0.1) is 6.92 Å². The van der Waals surface area contributed by atoms with E-state index < -0.39 is 0 Å². The van der Waals surface area contributed by atoms with Crippen LogP contribution in [0.2, 0.25) is 0 Å². The standard InChI is InChI=1S/C15H24N3/c1-5-18(6-2,7-3)11-13-9-8-10-14-15(13)17-12(4)16-14/h8-10H,5-7,11H2,1-4H3,(H,16,17)/q+1. The summed E-state index contributed by atoms with van der Waals surface area (Å²) in [4.78, 5) is 7.96. The quantitative estimate of drug-likeness (QED) is 0.806. The minimum Gasteiger partial charge on any atom is -0.342 e. The van der Waals surface area contributed by atoms with E-state index in [1.54, 1.807) is 0 Å². The molecule has 3 heteroatoms. The third kappa shape index (κ3) is 2.27. The van der Waals surface area contributed by atoms with Crippen LogP contribution in [0.1, 0.15) is 32.2 Å². The number of aryl methyl sites for hydroxylation is 1. The van der Waals surface area contributed by atoms with Gasteiger partial charge in [0.2, 0.25) is 0 Å². The molecule has 98 valence electrons. The van der Waals surface area contributed by atoms with Crippen molar-refractivity contribution in [3.63, 3.8) is 0 Å². The summed E-state index contributed by atoms with van der Waals surface area (Å²) in [6.45, 7) is 13.5. The van der Waals surface area contributed by atoms with Crippen LogP contribution in [0.3, 0.4) is 0 Å². The maximum absolute atomic E-state index is 4.63. The summed E-state index contributed by atoms with van der Waals surface area (Å²) < 4.78 is 1.13. The number of hydrogen-bond acceptors (Lipinski definition) is 1. The molecule has 1 aromatic heterocycles. The number of fused-ring (bicyclic) bond motifs is 1. The monoisotopic (exact) mass is 246 g/mol. The van der Waals surface area contributed by atoms with Crippen LogP contribution >= 0.6 is 0 Å². The molecule has 0 aliphatic heterocycles. The third-order valence-corrected chi connectivity index (χ3v) is 4.23. The molecule has 0 aliphatic carbocycles. The van der Waals surface area contributed by atoms with Gasteiger partial charge in [-0.25, -0.2) is 4.98 Å². The van der Waals surface area contributed by atoms with Crippen LogP contribution in [0.15, 0.2) is 18.2 Å². The highest BCUT2D eigenvalue weighted by Crippen LogP contribution is 2.21. The fraction of sp³-hybridized carbons (Fsp3) is 0.533. The Bertz CT molecular complexity index is 515. The summed E-state index contributed by atoms with van der Waals surface area (Å²) in [5, 5.41) is 0. The number of hydrogen-bond donors (Lipinski definition) is 1. The van der Waals surface area contributed by atoms with E-state index >= 15 is 0 Å². The lowest BCUT2D eigenvalue weighted by molar-refractivity contribution is -0.936. The second-order valence-electron chi connectivity index (χ2n) is 5.08. The molecule has 2 aromatic rings. The maximum Gasteiger partial charge on any atom is 0.107 e. The molecule has 1 heterocycles. The van der Waals surface area contributed by atoms with E-state index in [9.17, 15) is 0 Å². The van der Waals surface area contributed by atoms with Crippen molar-refractivity contribution >= 4 is 11.0 Å². The molecule has 3 nitrogen and oxygen atoms in total. The number of quaternary nitrogens is 1. The molecule has 0 bridgehead atoms. The number of nitrogens with one attached hydrogen (secondary N) is 1. The van der Waals surface area contributed by atoms with Crippen LogP contribution < -0.4 is 0 Å². The van der Waals surface area contributed by atoms with E-state index in [0.717, 1.165) is 27.9 Å².